The molecule has 1 aliphatic heterocycles. The number of anilines is 1. The standard InChI is InChI=1S/C16H27N3/c1-6-16(5)11-19(14(10-18-16)12(2)3)15-9-17-8-7-13(15)4/h7-9,12,14,18H,6,10-11H2,1-5H3. The maximum absolute atomic E-state index is 4.33. The van der Waals surface area contributed by atoms with Crippen molar-refractivity contribution < 1.29 is 0 Å². The highest BCUT2D eigenvalue weighted by molar-refractivity contribution is 5.53. The van der Waals surface area contributed by atoms with Gasteiger partial charge in [-0.25, -0.2) is 0 Å². The van der Waals surface area contributed by atoms with Crippen molar-refractivity contribution in [2.45, 2.75) is 52.6 Å². The van der Waals surface area contributed by atoms with Gasteiger partial charge in [0, 0.05) is 30.9 Å². The number of hydrogen-bond donors (Lipinski definition) is 1. The minimum Gasteiger partial charge on any atom is -0.364 e. The van der Waals surface area contributed by atoms with Crippen molar-refractivity contribution in [3.8, 4) is 0 Å². The summed E-state index contributed by atoms with van der Waals surface area (Å²) in [6.45, 7) is 13.5. The zero-order valence-corrected chi connectivity index (χ0v) is 12.9. The number of aromatic nitrogens is 1. The van der Waals surface area contributed by atoms with E-state index < -0.39 is 0 Å². The van der Waals surface area contributed by atoms with E-state index in [0.717, 1.165) is 19.5 Å². The fourth-order valence-corrected chi connectivity index (χ4v) is 2.86. The number of nitrogens with one attached hydrogen (secondary N) is 1. The van der Waals surface area contributed by atoms with Gasteiger partial charge in [-0.2, -0.15) is 0 Å². The molecule has 1 fully saturated rings. The molecule has 1 aliphatic rings. The number of pyridine rings is 1. The quantitative estimate of drug-likeness (QED) is 0.906. The SMILES string of the molecule is CCC1(C)CN(c2cnccc2C)C(C(C)C)CN1. The lowest BCUT2D eigenvalue weighted by Crippen LogP contribution is -2.64. The minimum absolute atomic E-state index is 0.202. The first-order valence-electron chi connectivity index (χ1n) is 7.39. The summed E-state index contributed by atoms with van der Waals surface area (Å²) in [7, 11) is 0. The molecular weight excluding hydrogens is 234 g/mol. The Labute approximate surface area is 117 Å². The third kappa shape index (κ3) is 2.92. The van der Waals surface area contributed by atoms with E-state index in [-0.39, 0.29) is 5.54 Å². The van der Waals surface area contributed by atoms with Gasteiger partial charge in [-0.1, -0.05) is 20.8 Å². The van der Waals surface area contributed by atoms with E-state index in [9.17, 15) is 0 Å². The lowest BCUT2D eigenvalue weighted by molar-refractivity contribution is 0.252. The Morgan fingerprint density at radius 3 is 2.84 bits per heavy atom. The molecule has 0 spiro atoms. The number of aryl methyl sites for hydroxylation is 1. The minimum atomic E-state index is 0.202. The van der Waals surface area contributed by atoms with Gasteiger partial charge >= 0.3 is 0 Å². The number of rotatable bonds is 3. The fourth-order valence-electron chi connectivity index (χ4n) is 2.86. The number of nitrogens with zero attached hydrogens (tertiary/aromatic N) is 2. The highest BCUT2D eigenvalue weighted by atomic mass is 15.3. The summed E-state index contributed by atoms with van der Waals surface area (Å²) in [6, 6.07) is 2.65. The van der Waals surface area contributed by atoms with Gasteiger partial charge in [0.2, 0.25) is 0 Å². The van der Waals surface area contributed by atoms with E-state index in [1.54, 1.807) is 0 Å². The van der Waals surface area contributed by atoms with Crippen LogP contribution in [0.2, 0.25) is 0 Å². The third-order valence-electron chi connectivity index (χ3n) is 4.53. The molecule has 0 aliphatic carbocycles. The van der Waals surface area contributed by atoms with Crippen molar-refractivity contribution in [1.82, 2.24) is 10.3 Å². The molecular formula is C16H27N3. The summed E-state index contributed by atoms with van der Waals surface area (Å²) in [4.78, 5) is 6.89. The van der Waals surface area contributed by atoms with Crippen LogP contribution < -0.4 is 10.2 Å². The first-order valence-corrected chi connectivity index (χ1v) is 7.39. The van der Waals surface area contributed by atoms with Gasteiger partial charge in [-0.05, 0) is 37.8 Å². The first-order chi connectivity index (χ1) is 8.97. The Morgan fingerprint density at radius 2 is 2.26 bits per heavy atom. The predicted octanol–water partition coefficient (Wildman–Crippen LogP) is 2.99. The molecule has 0 aromatic carbocycles. The molecule has 1 aromatic rings. The van der Waals surface area contributed by atoms with Crippen molar-refractivity contribution >= 4 is 5.69 Å². The Kier molecular flexibility index (Phi) is 4.14. The summed E-state index contributed by atoms with van der Waals surface area (Å²) in [6.07, 6.45) is 5.05. The Balaban J connectivity index is 2.33. The highest BCUT2D eigenvalue weighted by Crippen LogP contribution is 2.29. The number of piperazine rings is 1. The average molecular weight is 261 g/mol. The second kappa shape index (κ2) is 5.49. The molecule has 3 heteroatoms. The summed E-state index contributed by atoms with van der Waals surface area (Å²) in [5.41, 5.74) is 2.82. The molecule has 106 valence electrons. The van der Waals surface area contributed by atoms with Gasteiger partial charge in [0.05, 0.1) is 11.9 Å². The molecule has 1 aromatic heterocycles. The second-order valence-corrected chi connectivity index (χ2v) is 6.40. The van der Waals surface area contributed by atoms with E-state index in [4.69, 9.17) is 0 Å². The fraction of sp³-hybridized carbons (Fsp3) is 0.688. The normalized spacial score (nSPS) is 27.9. The summed E-state index contributed by atoms with van der Waals surface area (Å²) >= 11 is 0. The van der Waals surface area contributed by atoms with E-state index in [1.807, 2.05) is 12.4 Å². The van der Waals surface area contributed by atoms with Gasteiger partial charge in [-0.15, -0.1) is 0 Å². The molecule has 1 saturated heterocycles. The molecule has 0 radical (unpaired) electrons. The maximum Gasteiger partial charge on any atom is 0.0586 e. The Morgan fingerprint density at radius 1 is 1.53 bits per heavy atom. The maximum atomic E-state index is 4.33. The van der Waals surface area contributed by atoms with Gasteiger partial charge in [-0.3, -0.25) is 4.98 Å². The molecule has 1 N–H and O–H groups in total. The molecule has 0 bridgehead atoms. The molecule has 19 heavy (non-hydrogen) atoms. The van der Waals surface area contributed by atoms with E-state index in [0.29, 0.717) is 12.0 Å². The van der Waals surface area contributed by atoms with Crippen LogP contribution in [0.5, 0.6) is 0 Å². The second-order valence-electron chi connectivity index (χ2n) is 6.40. The van der Waals surface area contributed by atoms with Gasteiger partial charge in [0.15, 0.2) is 0 Å². The Bertz CT molecular complexity index is 430. The monoisotopic (exact) mass is 261 g/mol. The van der Waals surface area contributed by atoms with E-state index in [1.165, 1.54) is 11.3 Å². The smallest absolute Gasteiger partial charge is 0.0586 e. The van der Waals surface area contributed by atoms with Crippen molar-refractivity contribution in [2.24, 2.45) is 5.92 Å². The van der Waals surface area contributed by atoms with Crippen molar-refractivity contribution in [2.75, 3.05) is 18.0 Å². The van der Waals surface area contributed by atoms with Crippen molar-refractivity contribution in [1.29, 1.82) is 0 Å². The van der Waals surface area contributed by atoms with Crippen LogP contribution in [0.1, 0.15) is 39.7 Å². The van der Waals surface area contributed by atoms with Gasteiger partial charge in [0.1, 0.15) is 0 Å². The molecule has 2 rings (SSSR count). The van der Waals surface area contributed by atoms with Gasteiger partial charge < -0.3 is 10.2 Å². The highest BCUT2D eigenvalue weighted by Gasteiger charge is 2.36. The molecule has 2 atom stereocenters. The lowest BCUT2D eigenvalue weighted by Gasteiger charge is -2.49. The first kappa shape index (κ1) is 14.3. The lowest BCUT2D eigenvalue weighted by atomic mass is 9.89. The van der Waals surface area contributed by atoms with Crippen LogP contribution in [0.4, 0.5) is 5.69 Å². The topological polar surface area (TPSA) is 28.2 Å². The molecule has 2 unspecified atom stereocenters. The van der Waals surface area contributed by atoms with Crippen molar-refractivity contribution in [3.05, 3.63) is 24.0 Å². The zero-order chi connectivity index (χ0) is 14.0. The van der Waals surface area contributed by atoms with Crippen LogP contribution in [0.25, 0.3) is 0 Å². The van der Waals surface area contributed by atoms with E-state index in [2.05, 4.69) is 55.9 Å². The van der Waals surface area contributed by atoms with Gasteiger partial charge in [0.25, 0.3) is 0 Å². The number of hydrogen-bond acceptors (Lipinski definition) is 3. The molecule has 0 saturated carbocycles. The van der Waals surface area contributed by atoms with Crippen LogP contribution in [0.15, 0.2) is 18.5 Å². The zero-order valence-electron chi connectivity index (χ0n) is 12.9. The summed E-state index contributed by atoms with van der Waals surface area (Å²) in [5, 5.41) is 3.73. The van der Waals surface area contributed by atoms with E-state index >= 15 is 0 Å². The van der Waals surface area contributed by atoms with Crippen LogP contribution in [-0.2, 0) is 0 Å². The molecule has 3 nitrogen and oxygen atoms in total. The largest absolute Gasteiger partial charge is 0.364 e. The third-order valence-corrected chi connectivity index (χ3v) is 4.53. The Hall–Kier alpha value is -1.09. The van der Waals surface area contributed by atoms with Crippen LogP contribution >= 0.6 is 0 Å². The molecule has 0 amide bonds. The summed E-state index contributed by atoms with van der Waals surface area (Å²) in [5.74, 6) is 0.633. The van der Waals surface area contributed by atoms with Crippen molar-refractivity contribution in [3.63, 3.8) is 0 Å². The van der Waals surface area contributed by atoms with Crippen LogP contribution in [-0.4, -0.2) is 29.7 Å². The van der Waals surface area contributed by atoms with Crippen LogP contribution in [0, 0.1) is 12.8 Å². The molecule has 2 heterocycles. The van der Waals surface area contributed by atoms with Crippen LogP contribution in [0.3, 0.4) is 0 Å². The average Bonchev–Trinajstić information content (AvgIpc) is 2.39. The summed E-state index contributed by atoms with van der Waals surface area (Å²) < 4.78 is 0. The predicted molar refractivity (Wildman–Crippen MR) is 81.6 cm³/mol.